The smallest absolute Gasteiger partial charge is 0.0828 e. The van der Waals surface area contributed by atoms with E-state index < -0.39 is 0 Å². The Bertz CT molecular complexity index is 250. The van der Waals surface area contributed by atoms with E-state index in [1.165, 1.54) is 0 Å². The Morgan fingerprint density at radius 3 is 2.19 bits per heavy atom. The summed E-state index contributed by atoms with van der Waals surface area (Å²) in [4.78, 5) is 0. The first-order valence-electron chi connectivity index (χ1n) is 6.36. The molecule has 1 saturated heterocycles. The molecule has 1 aliphatic rings. The number of nitrogens with one attached hydrogen (secondary N) is 1. The number of rotatable bonds is 4. The van der Waals surface area contributed by atoms with E-state index in [0.29, 0.717) is 12.6 Å². The van der Waals surface area contributed by atoms with Gasteiger partial charge in [0, 0.05) is 12.6 Å². The minimum Gasteiger partial charge on any atom is -0.368 e. The third-order valence-electron chi connectivity index (χ3n) is 3.89. The third-order valence-corrected chi connectivity index (χ3v) is 3.89. The average Bonchev–Trinajstić information content (AvgIpc) is 2.31. The van der Waals surface area contributed by atoms with Crippen LogP contribution in [0.1, 0.15) is 54.4 Å². The van der Waals surface area contributed by atoms with Crippen LogP contribution in [-0.2, 0) is 4.74 Å². The van der Waals surface area contributed by atoms with Gasteiger partial charge in [-0.25, -0.2) is 0 Å². The summed E-state index contributed by atoms with van der Waals surface area (Å²) in [5, 5.41) is 3.69. The van der Waals surface area contributed by atoms with Crippen molar-refractivity contribution >= 4 is 0 Å². The molecule has 16 heavy (non-hydrogen) atoms. The highest BCUT2D eigenvalue weighted by atomic mass is 16.5. The summed E-state index contributed by atoms with van der Waals surface area (Å²) < 4.78 is 6.15. The summed E-state index contributed by atoms with van der Waals surface area (Å²) in [6.45, 7) is 13.6. The van der Waals surface area contributed by atoms with Gasteiger partial charge < -0.3 is 15.8 Å². The van der Waals surface area contributed by atoms with Gasteiger partial charge >= 0.3 is 0 Å². The van der Waals surface area contributed by atoms with Crippen molar-refractivity contribution in [3.8, 4) is 0 Å². The molecule has 0 spiro atoms. The summed E-state index contributed by atoms with van der Waals surface area (Å²) in [5.74, 6) is 0. The molecule has 1 aliphatic heterocycles. The third kappa shape index (κ3) is 2.41. The van der Waals surface area contributed by atoms with Crippen molar-refractivity contribution in [2.45, 2.75) is 77.2 Å². The fourth-order valence-electron chi connectivity index (χ4n) is 2.94. The quantitative estimate of drug-likeness (QED) is 0.774. The number of nitrogens with two attached hydrogens (primary N) is 1. The SMILES string of the molecule is CCC(C)NC1(CN)CC(C)(C)OC1(C)C. The first-order valence-corrected chi connectivity index (χ1v) is 6.36. The van der Waals surface area contributed by atoms with Gasteiger partial charge in [-0.3, -0.25) is 0 Å². The van der Waals surface area contributed by atoms with Crippen molar-refractivity contribution in [3.63, 3.8) is 0 Å². The molecule has 0 aliphatic carbocycles. The monoisotopic (exact) mass is 228 g/mol. The summed E-state index contributed by atoms with van der Waals surface area (Å²) in [5.41, 5.74) is 5.61. The Morgan fingerprint density at radius 2 is 1.88 bits per heavy atom. The van der Waals surface area contributed by atoms with Gasteiger partial charge in [-0.1, -0.05) is 6.92 Å². The zero-order valence-electron chi connectivity index (χ0n) is 11.7. The predicted molar refractivity (Wildman–Crippen MR) is 68.5 cm³/mol. The molecule has 3 N–H and O–H groups in total. The van der Waals surface area contributed by atoms with Gasteiger partial charge in [0.1, 0.15) is 0 Å². The van der Waals surface area contributed by atoms with Crippen LogP contribution in [0.2, 0.25) is 0 Å². The van der Waals surface area contributed by atoms with Gasteiger partial charge in [-0.05, 0) is 47.5 Å². The lowest BCUT2D eigenvalue weighted by Gasteiger charge is -2.41. The second-order valence-electron chi connectivity index (χ2n) is 6.29. The van der Waals surface area contributed by atoms with E-state index in [9.17, 15) is 0 Å². The van der Waals surface area contributed by atoms with Crippen molar-refractivity contribution in [3.05, 3.63) is 0 Å². The van der Waals surface area contributed by atoms with E-state index in [4.69, 9.17) is 10.5 Å². The van der Waals surface area contributed by atoms with E-state index in [0.717, 1.165) is 12.8 Å². The average molecular weight is 228 g/mol. The lowest BCUT2D eigenvalue weighted by Crippen LogP contribution is -2.63. The molecular formula is C13H28N2O. The zero-order valence-corrected chi connectivity index (χ0v) is 11.7. The van der Waals surface area contributed by atoms with Crippen LogP contribution in [0.15, 0.2) is 0 Å². The maximum Gasteiger partial charge on any atom is 0.0828 e. The van der Waals surface area contributed by atoms with Crippen molar-refractivity contribution < 1.29 is 4.74 Å². The fourth-order valence-corrected chi connectivity index (χ4v) is 2.94. The van der Waals surface area contributed by atoms with Crippen molar-refractivity contribution in [1.82, 2.24) is 5.32 Å². The minimum atomic E-state index is -0.214. The molecular weight excluding hydrogens is 200 g/mol. The Hall–Kier alpha value is -0.120. The number of hydrogen-bond acceptors (Lipinski definition) is 3. The van der Waals surface area contributed by atoms with Crippen LogP contribution in [0.3, 0.4) is 0 Å². The molecule has 0 radical (unpaired) electrons. The highest BCUT2D eigenvalue weighted by Gasteiger charge is 2.56. The van der Waals surface area contributed by atoms with E-state index in [1.807, 2.05) is 0 Å². The molecule has 96 valence electrons. The Morgan fingerprint density at radius 1 is 1.31 bits per heavy atom. The van der Waals surface area contributed by atoms with Crippen LogP contribution < -0.4 is 11.1 Å². The molecule has 0 aromatic rings. The molecule has 0 bridgehead atoms. The summed E-state index contributed by atoms with van der Waals surface area (Å²) in [7, 11) is 0. The second-order valence-corrected chi connectivity index (χ2v) is 6.29. The maximum absolute atomic E-state index is 6.15. The van der Waals surface area contributed by atoms with Crippen LogP contribution in [0, 0.1) is 0 Å². The van der Waals surface area contributed by atoms with Gasteiger partial charge in [-0.2, -0.15) is 0 Å². The molecule has 1 rings (SSSR count). The Kier molecular flexibility index (Phi) is 3.73. The Balaban J connectivity index is 2.94. The van der Waals surface area contributed by atoms with Crippen molar-refractivity contribution in [1.29, 1.82) is 0 Å². The fraction of sp³-hybridized carbons (Fsp3) is 1.00. The lowest BCUT2D eigenvalue weighted by molar-refractivity contribution is -0.0831. The topological polar surface area (TPSA) is 47.3 Å². The first kappa shape index (κ1) is 13.9. The van der Waals surface area contributed by atoms with Crippen LogP contribution in [-0.4, -0.2) is 29.3 Å². The highest BCUT2D eigenvalue weighted by Crippen LogP contribution is 2.44. The van der Waals surface area contributed by atoms with Crippen LogP contribution in [0.25, 0.3) is 0 Å². The van der Waals surface area contributed by atoms with Crippen LogP contribution in [0.5, 0.6) is 0 Å². The maximum atomic E-state index is 6.15. The minimum absolute atomic E-state index is 0.0939. The first-order chi connectivity index (χ1) is 7.18. The summed E-state index contributed by atoms with van der Waals surface area (Å²) in [6.07, 6.45) is 2.08. The molecule has 2 unspecified atom stereocenters. The summed E-state index contributed by atoms with van der Waals surface area (Å²) >= 11 is 0. The Labute approximate surface area is 100 Å². The lowest BCUT2D eigenvalue weighted by atomic mass is 9.78. The van der Waals surface area contributed by atoms with Gasteiger partial charge in [0.15, 0.2) is 0 Å². The normalized spacial score (nSPS) is 33.9. The molecule has 2 atom stereocenters. The molecule has 1 fully saturated rings. The van der Waals surface area contributed by atoms with Crippen molar-refractivity contribution in [2.24, 2.45) is 5.73 Å². The molecule has 1 heterocycles. The van der Waals surface area contributed by atoms with Gasteiger partial charge in [0.05, 0.1) is 16.7 Å². The van der Waals surface area contributed by atoms with Gasteiger partial charge in [0.25, 0.3) is 0 Å². The van der Waals surface area contributed by atoms with E-state index in [-0.39, 0.29) is 16.7 Å². The molecule has 0 aromatic carbocycles. The molecule has 0 aromatic heterocycles. The molecule has 3 heteroatoms. The van der Waals surface area contributed by atoms with Gasteiger partial charge in [0.2, 0.25) is 0 Å². The second kappa shape index (κ2) is 4.28. The predicted octanol–water partition coefficient (Wildman–Crippen LogP) is 2.05. The van der Waals surface area contributed by atoms with E-state index >= 15 is 0 Å². The van der Waals surface area contributed by atoms with E-state index in [1.54, 1.807) is 0 Å². The zero-order chi connectivity index (χ0) is 12.6. The molecule has 0 saturated carbocycles. The largest absolute Gasteiger partial charge is 0.368 e. The number of ether oxygens (including phenoxy) is 1. The summed E-state index contributed by atoms with van der Waals surface area (Å²) in [6, 6.07) is 0.473. The standard InChI is InChI=1S/C13H28N2O/c1-7-10(2)15-13(9-14)8-11(3,4)16-12(13,5)6/h10,15H,7-9,14H2,1-6H3. The highest BCUT2D eigenvalue weighted by molar-refractivity contribution is 5.12. The van der Waals surface area contributed by atoms with Crippen LogP contribution >= 0.6 is 0 Å². The number of hydrogen-bond donors (Lipinski definition) is 2. The molecule has 0 amide bonds. The van der Waals surface area contributed by atoms with Crippen LogP contribution in [0.4, 0.5) is 0 Å². The van der Waals surface area contributed by atoms with Crippen molar-refractivity contribution in [2.75, 3.05) is 6.54 Å². The van der Waals surface area contributed by atoms with Gasteiger partial charge in [-0.15, -0.1) is 0 Å². The van der Waals surface area contributed by atoms with E-state index in [2.05, 4.69) is 46.9 Å². The molecule has 3 nitrogen and oxygen atoms in total.